The summed E-state index contributed by atoms with van der Waals surface area (Å²) in [6.45, 7) is 7.45. The SMILES string of the molecule is COc1cc(CNCc2nc(C(C)(C)C)cs2)cc(Cl)c1OCC(N)=O. The van der Waals surface area contributed by atoms with Crippen molar-refractivity contribution in [2.24, 2.45) is 5.73 Å². The molecule has 0 aliphatic heterocycles. The van der Waals surface area contributed by atoms with Crippen LogP contribution in [0, 0.1) is 0 Å². The molecular formula is C18H24ClN3O3S. The number of benzene rings is 1. The molecule has 1 amide bonds. The van der Waals surface area contributed by atoms with E-state index in [-0.39, 0.29) is 12.0 Å². The number of aromatic nitrogens is 1. The molecule has 0 fully saturated rings. The number of ether oxygens (including phenoxy) is 2. The van der Waals surface area contributed by atoms with Crippen molar-refractivity contribution in [3.63, 3.8) is 0 Å². The Morgan fingerprint density at radius 3 is 2.65 bits per heavy atom. The largest absolute Gasteiger partial charge is 0.493 e. The molecule has 0 saturated carbocycles. The van der Waals surface area contributed by atoms with Gasteiger partial charge in [0.25, 0.3) is 5.91 Å². The Labute approximate surface area is 162 Å². The second-order valence-electron chi connectivity index (χ2n) is 6.84. The summed E-state index contributed by atoms with van der Waals surface area (Å²) in [7, 11) is 1.52. The van der Waals surface area contributed by atoms with Gasteiger partial charge in [0.15, 0.2) is 18.1 Å². The van der Waals surface area contributed by atoms with E-state index >= 15 is 0 Å². The minimum atomic E-state index is -0.577. The Morgan fingerprint density at radius 1 is 1.35 bits per heavy atom. The Kier molecular flexibility index (Phi) is 6.86. The van der Waals surface area contributed by atoms with Crippen molar-refractivity contribution in [1.29, 1.82) is 0 Å². The molecule has 26 heavy (non-hydrogen) atoms. The molecule has 0 spiro atoms. The van der Waals surface area contributed by atoms with E-state index in [0.29, 0.717) is 29.6 Å². The zero-order valence-electron chi connectivity index (χ0n) is 15.4. The summed E-state index contributed by atoms with van der Waals surface area (Å²) < 4.78 is 10.6. The van der Waals surface area contributed by atoms with Crippen molar-refractivity contribution in [2.45, 2.75) is 39.3 Å². The van der Waals surface area contributed by atoms with Crippen molar-refractivity contribution >= 4 is 28.8 Å². The van der Waals surface area contributed by atoms with Gasteiger partial charge in [-0.15, -0.1) is 11.3 Å². The molecule has 1 aromatic carbocycles. The summed E-state index contributed by atoms with van der Waals surface area (Å²) in [4.78, 5) is 15.5. The second kappa shape index (κ2) is 8.70. The third-order valence-electron chi connectivity index (χ3n) is 3.57. The van der Waals surface area contributed by atoms with Gasteiger partial charge in [0.2, 0.25) is 0 Å². The standard InChI is InChI=1S/C18H24ClN3O3S/c1-18(2,3)14-10-26-16(22-14)8-21-7-11-5-12(19)17(13(6-11)24-4)25-9-15(20)23/h5-6,10,21H,7-9H2,1-4H3,(H2,20,23). The lowest BCUT2D eigenvalue weighted by Gasteiger charge is -2.14. The number of nitrogens with one attached hydrogen (secondary N) is 1. The summed E-state index contributed by atoms with van der Waals surface area (Å²) >= 11 is 7.90. The monoisotopic (exact) mass is 397 g/mol. The van der Waals surface area contributed by atoms with Crippen LogP contribution in [-0.2, 0) is 23.3 Å². The first kappa shape index (κ1) is 20.5. The average molecular weight is 398 g/mol. The van der Waals surface area contributed by atoms with Gasteiger partial charge in [0.05, 0.1) is 17.8 Å². The number of rotatable bonds is 8. The first-order valence-electron chi connectivity index (χ1n) is 8.14. The summed E-state index contributed by atoms with van der Waals surface area (Å²) in [5.74, 6) is 0.193. The molecule has 0 aliphatic rings. The Balaban J connectivity index is 2.00. The zero-order chi connectivity index (χ0) is 19.3. The number of amides is 1. The van der Waals surface area contributed by atoms with Crippen LogP contribution in [0.5, 0.6) is 11.5 Å². The molecule has 0 bridgehead atoms. The molecule has 0 radical (unpaired) electrons. The van der Waals surface area contributed by atoms with E-state index < -0.39 is 5.91 Å². The second-order valence-corrected chi connectivity index (χ2v) is 8.19. The Hall–Kier alpha value is -1.83. The van der Waals surface area contributed by atoms with E-state index in [0.717, 1.165) is 16.3 Å². The minimum absolute atomic E-state index is 0.0520. The van der Waals surface area contributed by atoms with Gasteiger partial charge < -0.3 is 20.5 Å². The number of thiazole rings is 1. The number of nitrogens with two attached hydrogens (primary N) is 1. The average Bonchev–Trinajstić information content (AvgIpc) is 3.02. The Bertz CT molecular complexity index is 772. The summed E-state index contributed by atoms with van der Waals surface area (Å²) in [6, 6.07) is 3.59. The molecule has 142 valence electrons. The van der Waals surface area contributed by atoms with Crippen LogP contribution >= 0.6 is 22.9 Å². The lowest BCUT2D eigenvalue weighted by atomic mass is 9.93. The van der Waals surface area contributed by atoms with Gasteiger partial charge >= 0.3 is 0 Å². The molecule has 0 aliphatic carbocycles. The molecule has 2 rings (SSSR count). The number of hydrogen-bond acceptors (Lipinski definition) is 6. The molecule has 2 aromatic rings. The quantitative estimate of drug-likeness (QED) is 0.713. The lowest BCUT2D eigenvalue weighted by Crippen LogP contribution is -2.20. The van der Waals surface area contributed by atoms with Crippen LogP contribution in [0.4, 0.5) is 0 Å². The molecule has 0 atom stereocenters. The van der Waals surface area contributed by atoms with E-state index in [9.17, 15) is 4.79 Å². The Morgan fingerprint density at radius 2 is 2.08 bits per heavy atom. The number of carbonyl (C=O) groups excluding carboxylic acids is 1. The summed E-state index contributed by atoms with van der Waals surface area (Å²) in [5.41, 5.74) is 7.18. The maximum atomic E-state index is 10.9. The first-order valence-corrected chi connectivity index (χ1v) is 9.39. The van der Waals surface area contributed by atoms with Crippen LogP contribution in [-0.4, -0.2) is 24.6 Å². The van der Waals surface area contributed by atoms with Gasteiger partial charge in [-0.1, -0.05) is 32.4 Å². The molecular weight excluding hydrogens is 374 g/mol. The number of primary amides is 1. The maximum Gasteiger partial charge on any atom is 0.255 e. The highest BCUT2D eigenvalue weighted by Gasteiger charge is 2.17. The number of methoxy groups -OCH3 is 1. The topological polar surface area (TPSA) is 86.5 Å². The third-order valence-corrected chi connectivity index (χ3v) is 4.70. The minimum Gasteiger partial charge on any atom is -0.493 e. The fourth-order valence-electron chi connectivity index (χ4n) is 2.21. The molecule has 8 heteroatoms. The number of carbonyl (C=O) groups is 1. The number of hydrogen-bond donors (Lipinski definition) is 2. The molecule has 3 N–H and O–H groups in total. The van der Waals surface area contributed by atoms with Crippen LogP contribution < -0.4 is 20.5 Å². The van der Waals surface area contributed by atoms with Gasteiger partial charge in [0, 0.05) is 23.9 Å². The first-order chi connectivity index (χ1) is 12.2. The lowest BCUT2D eigenvalue weighted by molar-refractivity contribution is -0.119. The van der Waals surface area contributed by atoms with Gasteiger partial charge in [-0.25, -0.2) is 4.98 Å². The normalized spacial score (nSPS) is 11.4. The predicted octanol–water partition coefficient (Wildman–Crippen LogP) is 3.26. The molecule has 0 unspecified atom stereocenters. The van der Waals surface area contributed by atoms with E-state index in [1.807, 2.05) is 6.07 Å². The van der Waals surface area contributed by atoms with Crippen LogP contribution in [0.25, 0.3) is 0 Å². The van der Waals surface area contributed by atoms with E-state index in [2.05, 4.69) is 36.5 Å². The van der Waals surface area contributed by atoms with Crippen LogP contribution in [0.2, 0.25) is 5.02 Å². The van der Waals surface area contributed by atoms with Crippen LogP contribution in [0.15, 0.2) is 17.5 Å². The van der Waals surface area contributed by atoms with E-state index in [1.165, 1.54) is 7.11 Å². The summed E-state index contributed by atoms with van der Waals surface area (Å²) in [5, 5.41) is 6.85. The van der Waals surface area contributed by atoms with Crippen molar-refractivity contribution in [3.05, 3.63) is 38.8 Å². The highest BCUT2D eigenvalue weighted by molar-refractivity contribution is 7.09. The smallest absolute Gasteiger partial charge is 0.255 e. The van der Waals surface area contributed by atoms with Gasteiger partial charge in [0.1, 0.15) is 5.01 Å². The molecule has 1 aromatic heterocycles. The summed E-state index contributed by atoms with van der Waals surface area (Å²) in [6.07, 6.45) is 0. The third kappa shape index (κ3) is 5.59. The fraction of sp³-hybridized carbons (Fsp3) is 0.444. The van der Waals surface area contributed by atoms with Gasteiger partial charge in [-0.05, 0) is 17.7 Å². The molecule has 6 nitrogen and oxygen atoms in total. The van der Waals surface area contributed by atoms with Crippen molar-refractivity contribution < 1.29 is 14.3 Å². The highest BCUT2D eigenvalue weighted by Crippen LogP contribution is 2.36. The van der Waals surface area contributed by atoms with Crippen molar-refractivity contribution in [1.82, 2.24) is 10.3 Å². The zero-order valence-corrected chi connectivity index (χ0v) is 17.0. The van der Waals surface area contributed by atoms with Gasteiger partial charge in [-0.2, -0.15) is 0 Å². The highest BCUT2D eigenvalue weighted by atomic mass is 35.5. The van der Waals surface area contributed by atoms with E-state index in [1.54, 1.807) is 17.4 Å². The van der Waals surface area contributed by atoms with E-state index in [4.69, 9.17) is 26.8 Å². The van der Waals surface area contributed by atoms with Crippen LogP contribution in [0.1, 0.15) is 37.0 Å². The van der Waals surface area contributed by atoms with Crippen molar-refractivity contribution in [2.75, 3.05) is 13.7 Å². The molecule has 1 heterocycles. The van der Waals surface area contributed by atoms with Crippen LogP contribution in [0.3, 0.4) is 0 Å². The predicted molar refractivity (Wildman–Crippen MR) is 104 cm³/mol. The number of halogens is 1. The van der Waals surface area contributed by atoms with Gasteiger partial charge in [-0.3, -0.25) is 4.79 Å². The van der Waals surface area contributed by atoms with Crippen molar-refractivity contribution in [3.8, 4) is 11.5 Å². The molecule has 0 saturated heterocycles. The fourth-order valence-corrected chi connectivity index (χ4v) is 3.49. The maximum absolute atomic E-state index is 10.9. The number of nitrogens with zero attached hydrogens (tertiary/aromatic N) is 1.